The summed E-state index contributed by atoms with van der Waals surface area (Å²) in [7, 11) is 2.06. The quantitative estimate of drug-likeness (QED) is 0.253. The van der Waals surface area contributed by atoms with Crippen molar-refractivity contribution in [2.75, 3.05) is 0 Å². The predicted molar refractivity (Wildman–Crippen MR) is 141 cm³/mol. The van der Waals surface area contributed by atoms with Gasteiger partial charge in [0.25, 0.3) is 0 Å². The number of aryl methyl sites for hydroxylation is 3. The van der Waals surface area contributed by atoms with Crippen LogP contribution < -0.4 is 4.57 Å². The van der Waals surface area contributed by atoms with Crippen LogP contribution in [-0.2, 0) is 7.05 Å². The third-order valence-corrected chi connectivity index (χ3v) is 6.59. The van der Waals surface area contributed by atoms with Gasteiger partial charge in [-0.3, -0.25) is 0 Å². The van der Waals surface area contributed by atoms with Crippen molar-refractivity contribution in [3.05, 3.63) is 114 Å². The van der Waals surface area contributed by atoms with Crippen LogP contribution in [0.2, 0.25) is 0 Å². The Hall–Kier alpha value is -4.17. The standard InChI is InChI=1S/C32H26NO/c1-21-18-25-8-4-5-9-26(25)19-29(21)30-20-27(16-17-33(30)3)23-12-14-24(15-13-23)32-22(2)28-10-6-7-11-31(28)34-32/h4-20H,1-3H3/q+1/i2D3. The van der Waals surface area contributed by atoms with Crippen LogP contribution in [0.3, 0.4) is 0 Å². The Labute approximate surface area is 203 Å². The molecule has 6 rings (SSSR count). The molecule has 34 heavy (non-hydrogen) atoms. The summed E-state index contributed by atoms with van der Waals surface area (Å²) in [6.45, 7) is -0.125. The molecule has 2 aromatic heterocycles. The molecule has 6 aromatic rings. The second-order valence-electron chi connectivity index (χ2n) is 8.81. The van der Waals surface area contributed by atoms with Crippen molar-refractivity contribution in [1.29, 1.82) is 0 Å². The Balaban J connectivity index is 1.42. The lowest BCUT2D eigenvalue weighted by atomic mass is 9.96. The molecule has 164 valence electrons. The first kappa shape index (κ1) is 17.3. The van der Waals surface area contributed by atoms with E-state index in [4.69, 9.17) is 8.53 Å². The zero-order valence-corrected chi connectivity index (χ0v) is 19.2. The van der Waals surface area contributed by atoms with E-state index in [2.05, 4.69) is 73.3 Å². The Morgan fingerprint density at radius 3 is 2.24 bits per heavy atom. The molecule has 2 heteroatoms. The Morgan fingerprint density at radius 1 is 0.735 bits per heavy atom. The summed E-state index contributed by atoms with van der Waals surface area (Å²) in [6.07, 6.45) is 2.08. The molecule has 4 aromatic carbocycles. The largest absolute Gasteiger partial charge is 0.456 e. The molecule has 0 bridgehead atoms. The van der Waals surface area contributed by atoms with E-state index in [1.807, 2.05) is 42.5 Å². The molecular weight excluding hydrogens is 414 g/mol. The van der Waals surface area contributed by atoms with Gasteiger partial charge in [0, 0.05) is 38.3 Å². The topological polar surface area (TPSA) is 17.0 Å². The number of hydrogen-bond acceptors (Lipinski definition) is 1. The van der Waals surface area contributed by atoms with Crippen LogP contribution in [0, 0.1) is 13.8 Å². The zero-order chi connectivity index (χ0) is 25.7. The molecular formula is C32H26NO+. The van der Waals surface area contributed by atoms with Crippen LogP contribution in [0.4, 0.5) is 0 Å². The van der Waals surface area contributed by atoms with E-state index in [0.29, 0.717) is 16.7 Å². The first-order valence-electron chi connectivity index (χ1n) is 12.9. The molecule has 0 saturated carbocycles. The van der Waals surface area contributed by atoms with Crippen molar-refractivity contribution in [2.24, 2.45) is 7.05 Å². The zero-order valence-electron chi connectivity index (χ0n) is 22.2. The van der Waals surface area contributed by atoms with Gasteiger partial charge in [0.05, 0.1) is 0 Å². The number of nitrogens with zero attached hydrogens (tertiary/aromatic N) is 1. The van der Waals surface area contributed by atoms with Gasteiger partial charge in [-0.15, -0.1) is 0 Å². The van der Waals surface area contributed by atoms with Gasteiger partial charge in [-0.25, -0.2) is 4.57 Å². The fourth-order valence-corrected chi connectivity index (χ4v) is 4.71. The maximum absolute atomic E-state index is 8.10. The predicted octanol–water partition coefficient (Wildman–Crippen LogP) is 8.03. The van der Waals surface area contributed by atoms with Gasteiger partial charge < -0.3 is 4.42 Å². The Bertz CT molecular complexity index is 1780. The van der Waals surface area contributed by atoms with E-state index in [0.717, 1.165) is 22.4 Å². The molecule has 0 unspecified atom stereocenters. The fraction of sp³-hybridized carbons (Fsp3) is 0.0938. The van der Waals surface area contributed by atoms with Gasteiger partial charge in [-0.05, 0) is 53.4 Å². The van der Waals surface area contributed by atoms with E-state index in [-0.39, 0.29) is 5.56 Å². The third kappa shape index (κ3) is 3.39. The Morgan fingerprint density at radius 2 is 1.44 bits per heavy atom. The second kappa shape index (κ2) is 8.00. The molecule has 0 spiro atoms. The van der Waals surface area contributed by atoms with Crippen molar-refractivity contribution in [1.82, 2.24) is 0 Å². The van der Waals surface area contributed by atoms with Gasteiger partial charge in [0.1, 0.15) is 18.4 Å². The molecule has 0 radical (unpaired) electrons. The van der Waals surface area contributed by atoms with Crippen molar-refractivity contribution in [3.63, 3.8) is 0 Å². The highest BCUT2D eigenvalue weighted by molar-refractivity contribution is 5.89. The third-order valence-electron chi connectivity index (χ3n) is 6.59. The molecule has 0 atom stereocenters. The van der Waals surface area contributed by atoms with Crippen molar-refractivity contribution in [2.45, 2.75) is 13.8 Å². The number of hydrogen-bond donors (Lipinski definition) is 0. The molecule has 0 N–H and O–H groups in total. The number of benzene rings is 4. The summed E-state index contributed by atoms with van der Waals surface area (Å²) in [5, 5.41) is 3.08. The molecule has 0 aliphatic rings. The average molecular weight is 444 g/mol. The van der Waals surface area contributed by atoms with Crippen LogP contribution in [0.15, 0.2) is 108 Å². The summed E-state index contributed by atoms with van der Waals surface area (Å²) in [5.74, 6) is 0.402. The van der Waals surface area contributed by atoms with Crippen LogP contribution in [0.1, 0.15) is 15.2 Å². The van der Waals surface area contributed by atoms with Crippen molar-refractivity contribution in [3.8, 4) is 33.7 Å². The highest BCUT2D eigenvalue weighted by Crippen LogP contribution is 2.34. The van der Waals surface area contributed by atoms with E-state index in [1.54, 1.807) is 6.07 Å². The minimum atomic E-state index is -2.28. The first-order chi connectivity index (χ1) is 17.8. The molecule has 0 amide bonds. The van der Waals surface area contributed by atoms with E-state index in [9.17, 15) is 0 Å². The SMILES string of the molecule is [2H]C([2H])([2H])c1c(-c2ccc(-c3cc[n+](C)c(-c4cc5ccccc5cc4C)c3)cc2)oc2ccccc12. The van der Waals surface area contributed by atoms with Crippen LogP contribution in [0.5, 0.6) is 0 Å². The number of aromatic nitrogens is 1. The number of rotatable bonds is 3. The van der Waals surface area contributed by atoms with Crippen LogP contribution >= 0.6 is 0 Å². The van der Waals surface area contributed by atoms with E-state index in [1.165, 1.54) is 21.9 Å². The van der Waals surface area contributed by atoms with Gasteiger partial charge in [0.2, 0.25) is 5.69 Å². The van der Waals surface area contributed by atoms with Crippen LogP contribution in [-0.4, -0.2) is 0 Å². The molecule has 0 aliphatic carbocycles. The number of pyridine rings is 1. The second-order valence-corrected chi connectivity index (χ2v) is 8.81. The van der Waals surface area contributed by atoms with E-state index >= 15 is 0 Å². The smallest absolute Gasteiger partial charge is 0.213 e. The summed E-state index contributed by atoms with van der Waals surface area (Å²) in [4.78, 5) is 0. The Kier molecular flexibility index (Phi) is 4.08. The average Bonchev–Trinajstić information content (AvgIpc) is 3.29. The lowest BCUT2D eigenvalue weighted by Crippen LogP contribution is -2.30. The first-order valence-corrected chi connectivity index (χ1v) is 11.4. The summed E-state index contributed by atoms with van der Waals surface area (Å²) < 4.78 is 32.5. The summed E-state index contributed by atoms with van der Waals surface area (Å²) in [6, 6.07) is 32.5. The number of fused-ring (bicyclic) bond motifs is 2. The minimum Gasteiger partial charge on any atom is -0.456 e. The van der Waals surface area contributed by atoms with E-state index < -0.39 is 6.85 Å². The molecule has 0 saturated heterocycles. The fourth-order valence-electron chi connectivity index (χ4n) is 4.71. The lowest BCUT2D eigenvalue weighted by Gasteiger charge is -2.09. The maximum atomic E-state index is 8.10. The lowest BCUT2D eigenvalue weighted by molar-refractivity contribution is -0.660. The monoisotopic (exact) mass is 443 g/mol. The van der Waals surface area contributed by atoms with Crippen LogP contribution in [0.25, 0.3) is 55.4 Å². The molecule has 0 aliphatic heterocycles. The molecule has 2 nitrogen and oxygen atoms in total. The number of para-hydroxylation sites is 1. The van der Waals surface area contributed by atoms with Crippen molar-refractivity contribution >= 4 is 21.7 Å². The normalized spacial score (nSPS) is 13.1. The highest BCUT2D eigenvalue weighted by Gasteiger charge is 2.16. The van der Waals surface area contributed by atoms with Gasteiger partial charge in [0.15, 0.2) is 6.20 Å². The maximum Gasteiger partial charge on any atom is 0.213 e. The molecule has 2 heterocycles. The minimum absolute atomic E-state index is 0.261. The van der Waals surface area contributed by atoms with Gasteiger partial charge in [-0.2, -0.15) is 0 Å². The van der Waals surface area contributed by atoms with Gasteiger partial charge in [-0.1, -0.05) is 72.8 Å². The van der Waals surface area contributed by atoms with Gasteiger partial charge >= 0.3 is 0 Å². The summed E-state index contributed by atoms with van der Waals surface area (Å²) in [5.41, 5.74) is 7.29. The molecule has 0 fully saturated rings. The van der Waals surface area contributed by atoms with Crippen molar-refractivity contribution < 1.29 is 13.1 Å². The highest BCUT2D eigenvalue weighted by atomic mass is 16.3. The number of furan rings is 1. The summed E-state index contributed by atoms with van der Waals surface area (Å²) >= 11 is 0.